The van der Waals surface area contributed by atoms with Crippen molar-refractivity contribution in [2.45, 2.75) is 13.0 Å². The largest absolute Gasteiger partial charge is 0.507 e. The lowest BCUT2D eigenvalue weighted by molar-refractivity contribution is -0.117. The van der Waals surface area contributed by atoms with Gasteiger partial charge in [0.1, 0.15) is 17.4 Å². The number of halogens is 1. The normalized spacial score (nSPS) is 12.3. The molecule has 0 spiro atoms. The Morgan fingerprint density at radius 3 is 2.65 bits per heavy atom. The standard InChI is InChI=1S/C18H15ClN2O2/c1-12(13-5-3-2-4-6-13)21-18(23)15(11-20)9-14-10-16(19)7-8-17(14)22/h2-10,12,22H,1H3,(H,21,23)/b15-9+/t12-/m0/s1. The Kier molecular flexibility index (Phi) is 5.40. The average Bonchev–Trinajstić information content (AvgIpc) is 2.56. The third kappa shape index (κ3) is 4.35. The Morgan fingerprint density at radius 1 is 1.30 bits per heavy atom. The van der Waals surface area contributed by atoms with E-state index in [2.05, 4.69) is 5.32 Å². The first-order valence-electron chi connectivity index (χ1n) is 6.97. The van der Waals surface area contributed by atoms with Gasteiger partial charge in [0.25, 0.3) is 5.91 Å². The van der Waals surface area contributed by atoms with E-state index in [4.69, 9.17) is 11.6 Å². The maximum Gasteiger partial charge on any atom is 0.262 e. The second kappa shape index (κ2) is 7.48. The third-order valence-electron chi connectivity index (χ3n) is 3.30. The summed E-state index contributed by atoms with van der Waals surface area (Å²) in [6.07, 6.45) is 1.31. The van der Waals surface area contributed by atoms with Crippen molar-refractivity contribution in [1.82, 2.24) is 5.32 Å². The molecular weight excluding hydrogens is 312 g/mol. The molecule has 2 aromatic carbocycles. The van der Waals surface area contributed by atoms with Gasteiger partial charge in [0.2, 0.25) is 0 Å². The Balaban J connectivity index is 2.20. The van der Waals surface area contributed by atoms with Crippen molar-refractivity contribution in [2.75, 3.05) is 0 Å². The smallest absolute Gasteiger partial charge is 0.262 e. The molecule has 23 heavy (non-hydrogen) atoms. The number of hydrogen-bond donors (Lipinski definition) is 2. The zero-order valence-corrected chi connectivity index (χ0v) is 13.2. The molecule has 0 unspecified atom stereocenters. The topological polar surface area (TPSA) is 73.1 Å². The van der Waals surface area contributed by atoms with Crippen LogP contribution in [0.3, 0.4) is 0 Å². The van der Waals surface area contributed by atoms with Gasteiger partial charge in [-0.3, -0.25) is 4.79 Å². The van der Waals surface area contributed by atoms with Gasteiger partial charge in [-0.15, -0.1) is 0 Å². The fraction of sp³-hybridized carbons (Fsp3) is 0.111. The molecular formula is C18H15ClN2O2. The molecule has 0 aliphatic heterocycles. The molecule has 0 heterocycles. The number of nitrogens with one attached hydrogen (secondary N) is 1. The number of phenolic OH excluding ortho intramolecular Hbond substituents is 1. The van der Waals surface area contributed by atoms with E-state index in [1.54, 1.807) is 0 Å². The fourth-order valence-electron chi connectivity index (χ4n) is 2.04. The first-order valence-corrected chi connectivity index (χ1v) is 7.35. The summed E-state index contributed by atoms with van der Waals surface area (Å²) in [7, 11) is 0. The molecule has 2 N–H and O–H groups in total. The number of carbonyl (C=O) groups excluding carboxylic acids is 1. The summed E-state index contributed by atoms with van der Waals surface area (Å²) in [5.41, 5.74) is 1.14. The van der Waals surface area contributed by atoms with E-state index in [0.29, 0.717) is 10.6 Å². The third-order valence-corrected chi connectivity index (χ3v) is 3.54. The number of aromatic hydroxyl groups is 1. The van der Waals surface area contributed by atoms with E-state index in [1.807, 2.05) is 43.3 Å². The van der Waals surface area contributed by atoms with Crippen LogP contribution in [0.25, 0.3) is 6.08 Å². The summed E-state index contributed by atoms with van der Waals surface area (Å²) < 4.78 is 0. The second-order valence-corrected chi connectivity index (χ2v) is 5.42. The number of amides is 1. The van der Waals surface area contributed by atoms with Gasteiger partial charge in [-0.2, -0.15) is 5.26 Å². The van der Waals surface area contributed by atoms with Crippen molar-refractivity contribution >= 4 is 23.6 Å². The molecule has 4 nitrogen and oxygen atoms in total. The van der Waals surface area contributed by atoms with Gasteiger partial charge >= 0.3 is 0 Å². The summed E-state index contributed by atoms with van der Waals surface area (Å²) in [6.45, 7) is 1.83. The number of benzene rings is 2. The van der Waals surface area contributed by atoms with Crippen LogP contribution >= 0.6 is 11.6 Å². The molecule has 0 aliphatic rings. The maximum absolute atomic E-state index is 12.2. The number of nitrogens with zero attached hydrogens (tertiary/aromatic N) is 1. The van der Waals surface area contributed by atoms with Crippen LogP contribution < -0.4 is 5.32 Å². The number of carbonyl (C=O) groups is 1. The summed E-state index contributed by atoms with van der Waals surface area (Å²) >= 11 is 5.86. The van der Waals surface area contributed by atoms with Gasteiger partial charge in [0.05, 0.1) is 6.04 Å². The van der Waals surface area contributed by atoms with Crippen LogP contribution in [0.1, 0.15) is 24.1 Å². The first-order chi connectivity index (χ1) is 11.0. The van der Waals surface area contributed by atoms with Crippen LogP contribution in [-0.4, -0.2) is 11.0 Å². The quantitative estimate of drug-likeness (QED) is 0.662. The van der Waals surface area contributed by atoms with Crippen molar-refractivity contribution in [3.8, 4) is 11.8 Å². The van der Waals surface area contributed by atoms with Crippen molar-refractivity contribution in [3.05, 3.63) is 70.3 Å². The number of phenols is 1. The molecule has 2 rings (SSSR count). The van der Waals surface area contributed by atoms with Crippen LogP contribution in [0.15, 0.2) is 54.1 Å². The van der Waals surface area contributed by atoms with Crippen LogP contribution in [0.4, 0.5) is 0 Å². The van der Waals surface area contributed by atoms with Gasteiger partial charge in [-0.05, 0) is 36.8 Å². The van der Waals surface area contributed by atoms with Gasteiger partial charge in [0, 0.05) is 10.6 Å². The maximum atomic E-state index is 12.2. The van der Waals surface area contributed by atoms with Gasteiger partial charge in [-0.25, -0.2) is 0 Å². The monoisotopic (exact) mass is 326 g/mol. The van der Waals surface area contributed by atoms with Crippen LogP contribution in [0.2, 0.25) is 5.02 Å². The molecule has 1 atom stereocenters. The lowest BCUT2D eigenvalue weighted by Gasteiger charge is -2.13. The lowest BCUT2D eigenvalue weighted by Crippen LogP contribution is -2.27. The highest BCUT2D eigenvalue weighted by molar-refractivity contribution is 6.30. The molecule has 2 aromatic rings. The molecule has 1 amide bonds. The highest BCUT2D eigenvalue weighted by atomic mass is 35.5. The minimum Gasteiger partial charge on any atom is -0.507 e. The molecule has 0 aliphatic carbocycles. The molecule has 0 saturated heterocycles. The molecule has 5 heteroatoms. The van der Waals surface area contributed by atoms with Gasteiger partial charge in [-0.1, -0.05) is 41.9 Å². The molecule has 0 fully saturated rings. The second-order valence-electron chi connectivity index (χ2n) is 4.98. The summed E-state index contributed by atoms with van der Waals surface area (Å²) in [5, 5.41) is 22.1. The molecule has 0 bridgehead atoms. The van der Waals surface area contributed by atoms with Gasteiger partial charge < -0.3 is 10.4 Å². The predicted molar refractivity (Wildman–Crippen MR) is 89.7 cm³/mol. The minimum absolute atomic E-state index is 0.0499. The minimum atomic E-state index is -0.511. The number of rotatable bonds is 4. The zero-order chi connectivity index (χ0) is 16.8. The van der Waals surface area contributed by atoms with E-state index in [0.717, 1.165) is 5.56 Å². The predicted octanol–water partition coefficient (Wildman–Crippen LogP) is 3.83. The van der Waals surface area contributed by atoms with E-state index in [9.17, 15) is 15.2 Å². The Morgan fingerprint density at radius 2 is 2.00 bits per heavy atom. The van der Waals surface area contributed by atoms with Crippen molar-refractivity contribution in [3.63, 3.8) is 0 Å². The van der Waals surface area contributed by atoms with Crippen molar-refractivity contribution in [2.24, 2.45) is 0 Å². The Labute approximate surface area is 139 Å². The summed E-state index contributed by atoms with van der Waals surface area (Å²) in [5.74, 6) is -0.561. The molecule has 0 aromatic heterocycles. The average molecular weight is 327 g/mol. The zero-order valence-electron chi connectivity index (χ0n) is 12.5. The molecule has 116 valence electrons. The summed E-state index contributed by atoms with van der Waals surface area (Å²) in [6, 6.07) is 15.5. The van der Waals surface area contributed by atoms with Crippen molar-refractivity contribution in [1.29, 1.82) is 5.26 Å². The van der Waals surface area contributed by atoms with Gasteiger partial charge in [0.15, 0.2) is 0 Å². The van der Waals surface area contributed by atoms with E-state index in [1.165, 1.54) is 24.3 Å². The molecule has 0 radical (unpaired) electrons. The highest BCUT2D eigenvalue weighted by Crippen LogP contribution is 2.24. The SMILES string of the molecule is C[C@H](NC(=O)/C(C#N)=C/c1cc(Cl)ccc1O)c1ccccc1. The van der Waals surface area contributed by atoms with E-state index in [-0.39, 0.29) is 17.4 Å². The van der Waals surface area contributed by atoms with Crippen LogP contribution in [0, 0.1) is 11.3 Å². The highest BCUT2D eigenvalue weighted by Gasteiger charge is 2.14. The Bertz CT molecular complexity index is 779. The number of nitriles is 1. The van der Waals surface area contributed by atoms with E-state index >= 15 is 0 Å². The van der Waals surface area contributed by atoms with Crippen molar-refractivity contribution < 1.29 is 9.90 Å². The lowest BCUT2D eigenvalue weighted by atomic mass is 10.1. The first kappa shape index (κ1) is 16.6. The van der Waals surface area contributed by atoms with Crippen LogP contribution in [-0.2, 0) is 4.79 Å². The van der Waals surface area contributed by atoms with Crippen LogP contribution in [0.5, 0.6) is 5.75 Å². The van der Waals surface area contributed by atoms with E-state index < -0.39 is 5.91 Å². The molecule has 0 saturated carbocycles. The Hall–Kier alpha value is -2.77. The summed E-state index contributed by atoms with van der Waals surface area (Å²) in [4.78, 5) is 12.2. The fourth-order valence-corrected chi connectivity index (χ4v) is 2.23. The number of hydrogen-bond acceptors (Lipinski definition) is 3.